The van der Waals surface area contributed by atoms with Gasteiger partial charge in [-0.3, -0.25) is 14.5 Å². The van der Waals surface area contributed by atoms with Crippen molar-refractivity contribution in [1.29, 1.82) is 0 Å². The van der Waals surface area contributed by atoms with Gasteiger partial charge in [0.25, 0.3) is 0 Å². The minimum atomic E-state index is -1.01. The third kappa shape index (κ3) is 9.93. The molecule has 81 heavy (non-hydrogen) atoms. The first-order valence-corrected chi connectivity index (χ1v) is 27.0. The van der Waals surface area contributed by atoms with Gasteiger partial charge in [0, 0.05) is 21.8 Å². The maximum atomic E-state index is 14.4. The van der Waals surface area contributed by atoms with Gasteiger partial charge >= 0.3 is 6.09 Å². The normalized spacial score (nSPS) is 12.5. The lowest BCUT2D eigenvalue weighted by molar-refractivity contribution is 0.0962. The molecule has 12 rings (SSSR count). The zero-order valence-corrected chi connectivity index (χ0v) is 45.7. The summed E-state index contributed by atoms with van der Waals surface area (Å²) in [5, 5.41) is 21.4. The molecule has 7 N–H and O–H groups in total. The van der Waals surface area contributed by atoms with Crippen LogP contribution in [0, 0.1) is 11.6 Å². The first-order valence-electron chi connectivity index (χ1n) is 25.4. The first-order chi connectivity index (χ1) is 38.9. The molecule has 0 spiro atoms. The number of rotatable bonds is 11. The highest BCUT2D eigenvalue weighted by atomic mass is 32.1. The summed E-state index contributed by atoms with van der Waals surface area (Å²) in [5.41, 5.74) is 21.4. The Morgan fingerprint density at radius 2 is 1.09 bits per heavy atom. The number of para-hydroxylation sites is 2. The summed E-state index contributed by atoms with van der Waals surface area (Å²) in [6.45, 7) is 9.80. The van der Waals surface area contributed by atoms with Crippen LogP contribution < -0.4 is 28.1 Å². The smallest absolute Gasteiger partial charge is 0.408 e. The molecule has 2 unspecified atom stereocenters. The van der Waals surface area contributed by atoms with E-state index in [4.69, 9.17) is 36.2 Å². The number of nitrogen functional groups attached to an aromatic ring is 2. The topological polar surface area (TPSA) is 266 Å². The molecule has 0 saturated carbocycles. The third-order valence-corrected chi connectivity index (χ3v) is 15.9. The summed E-state index contributed by atoms with van der Waals surface area (Å²) in [6, 6.07) is 31.9. The van der Waals surface area contributed by atoms with E-state index in [0.717, 1.165) is 19.5 Å². The maximum Gasteiger partial charge on any atom is 0.408 e. The molecular weight excluding hydrogens is 1070 g/mol. The van der Waals surface area contributed by atoms with Gasteiger partial charge in [-0.25, -0.2) is 42.9 Å². The second kappa shape index (κ2) is 21.3. The standard InChI is InChI=1S/C32H29FN6O4S.C27H21FN6O2S/c1-17(28-24(18-8-7-9-19(33)14-18)27(40)21-10-5-6-11-22(21)43-28)39-30-25(29(34)35-16-36-30)26(37-39)23-13-12-20(44-23)15-38(31(41)42)32(2,3)4;1-14(34-27-22(26(30)31-13-32-27)23(33-34)20-10-9-17(12-29)37-20)25-21(15-5-4-6-16(28)11-15)24(35)18-7-2-3-8-19(18)36-25/h5-14,16-17H,15H2,1-4H3,(H,41,42)(H2,34,35,36);2-11,13-14H,12,29H2,1H3,(H2,30,31,32). The van der Waals surface area contributed by atoms with E-state index in [2.05, 4.69) is 19.9 Å². The van der Waals surface area contributed by atoms with Gasteiger partial charge in [0.05, 0.1) is 49.0 Å². The number of aromatic nitrogens is 8. The van der Waals surface area contributed by atoms with Gasteiger partial charge in [-0.1, -0.05) is 48.5 Å². The van der Waals surface area contributed by atoms with Crippen LogP contribution in [-0.2, 0) is 13.1 Å². The molecule has 12 aromatic rings. The number of anilines is 2. The van der Waals surface area contributed by atoms with Crippen LogP contribution in [0.1, 0.15) is 68.0 Å². The van der Waals surface area contributed by atoms with E-state index in [1.807, 2.05) is 58.9 Å². The highest BCUT2D eigenvalue weighted by Crippen LogP contribution is 2.41. The number of thiophene rings is 2. The van der Waals surface area contributed by atoms with Crippen molar-refractivity contribution in [3.8, 4) is 43.4 Å². The molecule has 2 atom stereocenters. The molecule has 0 fully saturated rings. The van der Waals surface area contributed by atoms with E-state index in [-0.39, 0.29) is 45.9 Å². The molecule has 18 nitrogen and oxygen atoms in total. The Morgan fingerprint density at radius 1 is 0.642 bits per heavy atom. The molecular formula is C59H50F2N12O6S2. The number of fused-ring (bicyclic) bond motifs is 4. The van der Waals surface area contributed by atoms with Crippen molar-refractivity contribution in [3.63, 3.8) is 0 Å². The summed E-state index contributed by atoms with van der Waals surface area (Å²) in [7, 11) is 0. The van der Waals surface area contributed by atoms with E-state index in [1.165, 1.54) is 64.5 Å². The van der Waals surface area contributed by atoms with Gasteiger partial charge in [-0.05, 0) is 119 Å². The molecule has 22 heteroatoms. The third-order valence-electron chi connectivity index (χ3n) is 13.8. The molecule has 0 aliphatic heterocycles. The van der Waals surface area contributed by atoms with E-state index < -0.39 is 35.4 Å². The van der Waals surface area contributed by atoms with Gasteiger partial charge in [-0.15, -0.1) is 22.7 Å². The summed E-state index contributed by atoms with van der Waals surface area (Å²) < 4.78 is 44.6. The maximum absolute atomic E-state index is 14.4. The minimum absolute atomic E-state index is 0.198. The van der Waals surface area contributed by atoms with E-state index in [0.29, 0.717) is 78.8 Å². The molecule has 0 saturated heterocycles. The molecule has 8 heterocycles. The average molecular weight is 1130 g/mol. The molecule has 4 aromatic carbocycles. The van der Waals surface area contributed by atoms with Crippen LogP contribution in [0.2, 0.25) is 0 Å². The van der Waals surface area contributed by atoms with Crippen molar-refractivity contribution in [3.05, 3.63) is 187 Å². The summed E-state index contributed by atoms with van der Waals surface area (Å²) in [6.07, 6.45) is 1.69. The zero-order valence-electron chi connectivity index (χ0n) is 44.1. The zero-order chi connectivity index (χ0) is 57.0. The molecule has 408 valence electrons. The molecule has 8 aromatic heterocycles. The van der Waals surface area contributed by atoms with Crippen molar-refractivity contribution in [1.82, 2.24) is 44.4 Å². The fourth-order valence-corrected chi connectivity index (χ4v) is 11.7. The van der Waals surface area contributed by atoms with Gasteiger partial charge in [0.15, 0.2) is 11.3 Å². The number of amides is 1. The SMILES string of the molecule is CC(c1oc2ccccc2c(=O)c1-c1cccc(F)c1)n1nc(-c2ccc(CN(C(=O)O)C(C)(C)C)s2)c2c(N)ncnc21.CC(c1oc2ccccc2c(=O)c1-c1cccc(F)c1)n1nc(-c2ccc(CN)s2)c2c(N)ncnc21. The van der Waals surface area contributed by atoms with Crippen molar-refractivity contribution in [2.24, 2.45) is 5.73 Å². The predicted octanol–water partition coefficient (Wildman–Crippen LogP) is 12.1. The van der Waals surface area contributed by atoms with Crippen LogP contribution in [0.3, 0.4) is 0 Å². The highest BCUT2D eigenvalue weighted by Gasteiger charge is 2.31. The minimum Gasteiger partial charge on any atom is -0.465 e. The Bertz CT molecular complexity index is 4540. The number of hydrogen-bond donors (Lipinski definition) is 4. The van der Waals surface area contributed by atoms with Crippen LogP contribution in [0.25, 0.3) is 87.4 Å². The molecule has 0 bridgehead atoms. The van der Waals surface area contributed by atoms with Crippen molar-refractivity contribution in [2.45, 2.75) is 65.3 Å². The Labute approximate surface area is 467 Å². The Morgan fingerprint density at radius 3 is 1.51 bits per heavy atom. The van der Waals surface area contributed by atoms with Crippen molar-refractivity contribution < 1.29 is 27.5 Å². The second-order valence-electron chi connectivity index (χ2n) is 20.0. The lowest BCUT2D eigenvalue weighted by atomic mass is 9.99. The number of nitrogens with zero attached hydrogens (tertiary/aromatic N) is 9. The number of carboxylic acid groups (broad SMARTS) is 1. The number of nitrogens with two attached hydrogens (primary N) is 3. The lowest BCUT2D eigenvalue weighted by Gasteiger charge is -2.32. The lowest BCUT2D eigenvalue weighted by Crippen LogP contribution is -2.44. The van der Waals surface area contributed by atoms with Crippen molar-refractivity contribution >= 4 is 84.4 Å². The molecule has 0 radical (unpaired) electrons. The number of benzene rings is 4. The monoisotopic (exact) mass is 1120 g/mol. The number of hydrogen-bond acceptors (Lipinski definition) is 16. The van der Waals surface area contributed by atoms with Gasteiger partial charge < -0.3 is 31.1 Å². The quantitative estimate of drug-likeness (QED) is 0.0938. The average Bonchev–Trinajstić information content (AvgIpc) is 4.16. The molecule has 0 aliphatic carbocycles. The number of halogens is 2. The Balaban J connectivity index is 0.000000173. The fraction of sp³-hybridized carbons (Fsp3) is 0.169. The van der Waals surface area contributed by atoms with Crippen LogP contribution in [-0.4, -0.2) is 61.1 Å². The first kappa shape index (κ1) is 53.5. The van der Waals surface area contributed by atoms with E-state index >= 15 is 0 Å². The predicted molar refractivity (Wildman–Crippen MR) is 311 cm³/mol. The van der Waals surface area contributed by atoms with Crippen molar-refractivity contribution in [2.75, 3.05) is 11.5 Å². The van der Waals surface area contributed by atoms with E-state index in [1.54, 1.807) is 82.2 Å². The highest BCUT2D eigenvalue weighted by molar-refractivity contribution is 7.15. The molecule has 1 amide bonds. The summed E-state index contributed by atoms with van der Waals surface area (Å²) >= 11 is 2.90. The van der Waals surface area contributed by atoms with Gasteiger partial charge in [0.1, 0.15) is 82.1 Å². The van der Waals surface area contributed by atoms with Crippen LogP contribution in [0.5, 0.6) is 0 Å². The van der Waals surface area contributed by atoms with Gasteiger partial charge in [0.2, 0.25) is 10.9 Å². The van der Waals surface area contributed by atoms with Crippen LogP contribution >= 0.6 is 22.7 Å². The van der Waals surface area contributed by atoms with Gasteiger partial charge in [-0.2, -0.15) is 10.2 Å². The summed E-state index contributed by atoms with van der Waals surface area (Å²) in [5.74, 6) is 0.168. The largest absolute Gasteiger partial charge is 0.465 e. The Kier molecular flexibility index (Phi) is 14.0. The van der Waals surface area contributed by atoms with Crippen LogP contribution in [0.15, 0.2) is 152 Å². The Hall–Kier alpha value is -9.51. The molecule has 0 aliphatic rings. The summed E-state index contributed by atoms with van der Waals surface area (Å²) in [4.78, 5) is 61.6. The number of carbonyl (C=O) groups is 1. The fourth-order valence-electron chi connectivity index (χ4n) is 9.79. The van der Waals surface area contributed by atoms with Crippen LogP contribution in [0.4, 0.5) is 25.2 Å². The van der Waals surface area contributed by atoms with E-state index in [9.17, 15) is 28.3 Å². The second-order valence-corrected chi connectivity index (χ2v) is 22.3.